The first kappa shape index (κ1) is 17.1. The third-order valence-electron chi connectivity index (χ3n) is 3.22. The number of halogens is 1. The molecule has 0 spiro atoms. The Morgan fingerprint density at radius 3 is 2.81 bits per heavy atom. The fourth-order valence-corrected chi connectivity index (χ4v) is 1.93. The summed E-state index contributed by atoms with van der Waals surface area (Å²) in [6, 6.07) is 9.77. The van der Waals surface area contributed by atoms with Gasteiger partial charge in [0, 0.05) is 24.3 Å². The molecule has 0 saturated carbocycles. The summed E-state index contributed by atoms with van der Waals surface area (Å²) < 4.78 is 0. The molecule has 0 aliphatic carbocycles. The van der Waals surface area contributed by atoms with Gasteiger partial charge in [0.1, 0.15) is 11.6 Å². The van der Waals surface area contributed by atoms with Crippen molar-refractivity contribution in [3.63, 3.8) is 0 Å². The van der Waals surface area contributed by atoms with Crippen molar-refractivity contribution in [1.29, 1.82) is 5.26 Å². The lowest BCUT2D eigenvalue weighted by Gasteiger charge is -2.14. The van der Waals surface area contributed by atoms with Gasteiger partial charge in [0.05, 0.1) is 0 Å². The monoisotopic (exact) mass is 305 g/mol. The molecule has 0 saturated heterocycles. The third kappa shape index (κ3) is 5.13. The summed E-state index contributed by atoms with van der Waals surface area (Å²) in [6.07, 6.45) is 2.45. The molecule has 0 heterocycles. The molecular weight excluding hydrogens is 286 g/mol. The van der Waals surface area contributed by atoms with Crippen molar-refractivity contribution in [2.45, 2.75) is 26.2 Å². The van der Waals surface area contributed by atoms with Crippen LogP contribution < -0.4 is 10.6 Å². The topological polar surface area (TPSA) is 64.9 Å². The van der Waals surface area contributed by atoms with Crippen molar-refractivity contribution in [1.82, 2.24) is 5.32 Å². The van der Waals surface area contributed by atoms with Crippen LogP contribution >= 0.6 is 11.6 Å². The maximum atomic E-state index is 11.7. The molecule has 1 aromatic rings. The number of nitrogens with zero attached hydrogens (tertiary/aromatic N) is 1. The average molecular weight is 306 g/mol. The smallest absolute Gasteiger partial charge is 0.263 e. The molecule has 21 heavy (non-hydrogen) atoms. The Morgan fingerprint density at radius 2 is 2.19 bits per heavy atom. The molecule has 1 aromatic carbocycles. The minimum atomic E-state index is -0.424. The van der Waals surface area contributed by atoms with Crippen molar-refractivity contribution in [2.24, 2.45) is 0 Å². The number of nitrogens with one attached hydrogen (secondary N) is 2. The Morgan fingerprint density at radius 1 is 1.48 bits per heavy atom. The summed E-state index contributed by atoms with van der Waals surface area (Å²) in [5, 5.41) is 14.7. The van der Waals surface area contributed by atoms with E-state index in [1.54, 1.807) is 0 Å². The molecule has 1 unspecified atom stereocenters. The summed E-state index contributed by atoms with van der Waals surface area (Å²) >= 11 is 5.51. The van der Waals surface area contributed by atoms with Gasteiger partial charge in [-0.15, -0.1) is 11.6 Å². The van der Waals surface area contributed by atoms with Crippen LogP contribution in [0.4, 0.5) is 5.69 Å². The van der Waals surface area contributed by atoms with E-state index in [9.17, 15) is 4.79 Å². The SMILES string of the molecule is CCC(C)c1ccccc1N/C=C(/C#N)C(=O)NCCCl. The second kappa shape index (κ2) is 9.04. The van der Waals surface area contributed by atoms with E-state index in [0.717, 1.165) is 17.7 Å². The van der Waals surface area contributed by atoms with Crippen LogP contribution in [-0.2, 0) is 4.79 Å². The number of amides is 1. The lowest BCUT2D eigenvalue weighted by molar-refractivity contribution is -0.117. The van der Waals surface area contributed by atoms with Crippen LogP contribution in [0.1, 0.15) is 31.7 Å². The number of alkyl halides is 1. The number of carbonyl (C=O) groups excluding carboxylic acids is 1. The van der Waals surface area contributed by atoms with Crippen LogP contribution in [0.25, 0.3) is 0 Å². The zero-order valence-corrected chi connectivity index (χ0v) is 13.1. The Bertz CT molecular complexity index is 549. The first-order valence-electron chi connectivity index (χ1n) is 6.93. The highest BCUT2D eigenvalue weighted by atomic mass is 35.5. The van der Waals surface area contributed by atoms with E-state index in [-0.39, 0.29) is 5.57 Å². The highest BCUT2D eigenvalue weighted by Gasteiger charge is 2.10. The van der Waals surface area contributed by atoms with E-state index in [4.69, 9.17) is 16.9 Å². The van der Waals surface area contributed by atoms with Gasteiger partial charge in [0.15, 0.2) is 0 Å². The molecule has 0 aliphatic rings. The molecule has 5 heteroatoms. The fourth-order valence-electron chi connectivity index (χ4n) is 1.83. The van der Waals surface area contributed by atoms with Gasteiger partial charge in [-0.05, 0) is 24.0 Å². The van der Waals surface area contributed by atoms with Gasteiger partial charge in [0.25, 0.3) is 5.91 Å². The molecule has 112 valence electrons. The van der Waals surface area contributed by atoms with E-state index in [1.165, 1.54) is 6.20 Å². The Kier molecular flexibility index (Phi) is 7.34. The second-order valence-electron chi connectivity index (χ2n) is 4.66. The molecule has 0 bridgehead atoms. The molecule has 4 nitrogen and oxygen atoms in total. The van der Waals surface area contributed by atoms with E-state index < -0.39 is 5.91 Å². The number of rotatable bonds is 7. The van der Waals surface area contributed by atoms with Crippen LogP contribution in [0, 0.1) is 11.3 Å². The summed E-state index contributed by atoms with van der Waals surface area (Å²) in [7, 11) is 0. The summed E-state index contributed by atoms with van der Waals surface area (Å²) in [5.74, 6) is 0.290. The third-order valence-corrected chi connectivity index (χ3v) is 3.41. The maximum Gasteiger partial charge on any atom is 0.263 e. The standard InChI is InChI=1S/C16H20ClN3O/c1-3-12(2)14-6-4-5-7-15(14)20-11-13(10-18)16(21)19-9-8-17/h4-7,11-12,20H,3,8-9H2,1-2H3,(H,19,21)/b13-11-. The molecule has 0 radical (unpaired) electrons. The molecule has 1 rings (SSSR count). The molecular formula is C16H20ClN3O. The van der Waals surface area contributed by atoms with Gasteiger partial charge >= 0.3 is 0 Å². The normalized spacial score (nSPS) is 12.4. The van der Waals surface area contributed by atoms with Crippen molar-refractivity contribution in [2.75, 3.05) is 17.7 Å². The van der Waals surface area contributed by atoms with Gasteiger partial charge < -0.3 is 10.6 Å². The van der Waals surface area contributed by atoms with Crippen molar-refractivity contribution < 1.29 is 4.79 Å². The molecule has 0 aromatic heterocycles. The molecule has 1 atom stereocenters. The van der Waals surface area contributed by atoms with Gasteiger partial charge in [0.2, 0.25) is 0 Å². The highest BCUT2D eigenvalue weighted by molar-refractivity contribution is 6.18. The Labute approximate surface area is 130 Å². The molecule has 1 amide bonds. The minimum absolute atomic E-state index is 0.0269. The van der Waals surface area contributed by atoms with E-state index in [2.05, 4.69) is 24.5 Å². The van der Waals surface area contributed by atoms with E-state index in [1.807, 2.05) is 30.3 Å². The van der Waals surface area contributed by atoms with E-state index >= 15 is 0 Å². The number of hydrogen-bond acceptors (Lipinski definition) is 3. The van der Waals surface area contributed by atoms with Gasteiger partial charge in [-0.25, -0.2) is 0 Å². The van der Waals surface area contributed by atoms with E-state index in [0.29, 0.717) is 18.3 Å². The van der Waals surface area contributed by atoms with Crippen molar-refractivity contribution in [3.05, 3.63) is 41.6 Å². The Balaban J connectivity index is 2.88. The van der Waals surface area contributed by atoms with Gasteiger partial charge in [-0.2, -0.15) is 5.26 Å². The zero-order chi connectivity index (χ0) is 15.7. The largest absolute Gasteiger partial charge is 0.360 e. The predicted octanol–water partition coefficient (Wildman–Crippen LogP) is 3.37. The highest BCUT2D eigenvalue weighted by Crippen LogP contribution is 2.26. The second-order valence-corrected chi connectivity index (χ2v) is 5.03. The first-order chi connectivity index (χ1) is 10.1. The van der Waals surface area contributed by atoms with Crippen LogP contribution in [0.3, 0.4) is 0 Å². The molecule has 0 fully saturated rings. The molecule has 2 N–H and O–H groups in total. The van der Waals surface area contributed by atoms with Crippen molar-refractivity contribution in [3.8, 4) is 6.07 Å². The summed E-state index contributed by atoms with van der Waals surface area (Å²) in [6.45, 7) is 4.60. The number of para-hydroxylation sites is 1. The quantitative estimate of drug-likeness (QED) is 0.461. The number of carbonyl (C=O) groups is 1. The number of benzene rings is 1. The maximum absolute atomic E-state index is 11.7. The average Bonchev–Trinajstić information content (AvgIpc) is 2.53. The first-order valence-corrected chi connectivity index (χ1v) is 7.47. The van der Waals surface area contributed by atoms with Gasteiger partial charge in [-0.1, -0.05) is 32.0 Å². The summed E-state index contributed by atoms with van der Waals surface area (Å²) in [5.41, 5.74) is 2.10. The lowest BCUT2D eigenvalue weighted by atomic mass is 9.97. The summed E-state index contributed by atoms with van der Waals surface area (Å²) in [4.78, 5) is 11.7. The van der Waals surface area contributed by atoms with Crippen LogP contribution in [0.15, 0.2) is 36.0 Å². The number of nitriles is 1. The van der Waals surface area contributed by atoms with Gasteiger partial charge in [-0.3, -0.25) is 4.79 Å². The van der Waals surface area contributed by atoms with Crippen LogP contribution in [-0.4, -0.2) is 18.3 Å². The van der Waals surface area contributed by atoms with Crippen LogP contribution in [0.2, 0.25) is 0 Å². The van der Waals surface area contributed by atoms with Crippen molar-refractivity contribution >= 4 is 23.2 Å². The number of anilines is 1. The number of hydrogen-bond donors (Lipinski definition) is 2. The Hall–Kier alpha value is -1.99. The zero-order valence-electron chi connectivity index (χ0n) is 12.3. The molecule has 0 aliphatic heterocycles. The predicted molar refractivity (Wildman–Crippen MR) is 86.2 cm³/mol. The minimum Gasteiger partial charge on any atom is -0.360 e. The van der Waals surface area contributed by atoms with Crippen LogP contribution in [0.5, 0.6) is 0 Å². The lowest BCUT2D eigenvalue weighted by Crippen LogP contribution is -2.26. The fraction of sp³-hybridized carbons (Fsp3) is 0.375.